The highest BCUT2D eigenvalue weighted by molar-refractivity contribution is 6.30. The molecule has 2 N–H and O–H groups in total. The van der Waals surface area contributed by atoms with E-state index in [1.807, 2.05) is 0 Å². The fraction of sp³-hybridized carbons (Fsp3) is 0.455. The topological polar surface area (TPSA) is 35.2 Å². The van der Waals surface area contributed by atoms with E-state index in [4.69, 9.17) is 22.1 Å². The Kier molecular flexibility index (Phi) is 3.23. The van der Waals surface area contributed by atoms with E-state index in [2.05, 4.69) is 0 Å². The van der Waals surface area contributed by atoms with Gasteiger partial charge in [-0.15, -0.1) is 0 Å². The smallest absolute Gasteiger partial charge is 0.403 e. The van der Waals surface area contributed by atoms with Crippen molar-refractivity contribution < 1.29 is 17.9 Å². The molecule has 1 aromatic carbocycles. The van der Waals surface area contributed by atoms with Crippen LogP contribution in [0.4, 0.5) is 13.2 Å². The van der Waals surface area contributed by atoms with Gasteiger partial charge in [-0.3, -0.25) is 0 Å². The van der Waals surface area contributed by atoms with Gasteiger partial charge in [0.25, 0.3) is 0 Å². The van der Waals surface area contributed by atoms with Crippen LogP contribution < -0.4 is 10.5 Å². The Labute approximate surface area is 102 Å². The van der Waals surface area contributed by atoms with Crippen molar-refractivity contribution in [3.05, 3.63) is 28.3 Å². The summed E-state index contributed by atoms with van der Waals surface area (Å²) in [6, 6.07) is 1.30. The third kappa shape index (κ3) is 2.66. The zero-order valence-electron chi connectivity index (χ0n) is 8.85. The van der Waals surface area contributed by atoms with Gasteiger partial charge in [0.15, 0.2) is 0 Å². The van der Waals surface area contributed by atoms with Gasteiger partial charge in [0.1, 0.15) is 11.8 Å². The van der Waals surface area contributed by atoms with Gasteiger partial charge in [-0.05, 0) is 29.7 Å². The first-order valence-corrected chi connectivity index (χ1v) is 5.52. The number of benzene rings is 1. The molecule has 0 aliphatic carbocycles. The van der Waals surface area contributed by atoms with E-state index in [9.17, 15) is 13.2 Å². The van der Waals surface area contributed by atoms with Gasteiger partial charge in [-0.1, -0.05) is 11.6 Å². The summed E-state index contributed by atoms with van der Waals surface area (Å²) in [6.45, 7) is 0.476. The summed E-state index contributed by atoms with van der Waals surface area (Å²) in [7, 11) is 0. The summed E-state index contributed by atoms with van der Waals surface area (Å²) in [6.07, 6.45) is -4.05. The Morgan fingerprint density at radius 1 is 1.41 bits per heavy atom. The first kappa shape index (κ1) is 12.5. The SMILES string of the molecule is NC(Cc1cc(Cl)cc2c1OCC2)C(F)(F)F. The Balaban J connectivity index is 2.27. The number of alkyl halides is 3. The average Bonchev–Trinajstić information content (AvgIpc) is 2.63. The molecule has 1 heterocycles. The van der Waals surface area contributed by atoms with E-state index in [-0.39, 0.29) is 6.42 Å². The molecule has 6 heteroatoms. The van der Waals surface area contributed by atoms with Crippen LogP contribution in [0, 0.1) is 0 Å². The lowest BCUT2D eigenvalue weighted by Crippen LogP contribution is -2.39. The summed E-state index contributed by atoms with van der Waals surface area (Å²) in [4.78, 5) is 0. The van der Waals surface area contributed by atoms with Gasteiger partial charge >= 0.3 is 6.18 Å². The molecule has 2 nitrogen and oxygen atoms in total. The lowest BCUT2D eigenvalue weighted by Gasteiger charge is -2.17. The first-order valence-electron chi connectivity index (χ1n) is 5.14. The van der Waals surface area contributed by atoms with Gasteiger partial charge in [-0.25, -0.2) is 0 Å². The molecule has 0 fully saturated rings. The molecule has 94 valence electrons. The van der Waals surface area contributed by atoms with E-state index >= 15 is 0 Å². The lowest BCUT2D eigenvalue weighted by atomic mass is 10.0. The molecule has 0 bridgehead atoms. The first-order chi connectivity index (χ1) is 7.88. The molecule has 1 aliphatic rings. The molecule has 0 radical (unpaired) electrons. The molecule has 1 atom stereocenters. The van der Waals surface area contributed by atoms with Crippen molar-refractivity contribution in [2.75, 3.05) is 6.61 Å². The molecule has 0 saturated carbocycles. The molecule has 1 aromatic rings. The van der Waals surface area contributed by atoms with Gasteiger partial charge in [0.2, 0.25) is 0 Å². The minimum atomic E-state index is -4.41. The highest BCUT2D eigenvalue weighted by Gasteiger charge is 2.37. The minimum Gasteiger partial charge on any atom is -0.493 e. The van der Waals surface area contributed by atoms with Gasteiger partial charge < -0.3 is 10.5 Å². The van der Waals surface area contributed by atoms with Crippen molar-refractivity contribution in [2.45, 2.75) is 25.1 Å². The fourth-order valence-electron chi connectivity index (χ4n) is 1.85. The van der Waals surface area contributed by atoms with Crippen LogP contribution >= 0.6 is 11.6 Å². The third-order valence-corrected chi connectivity index (χ3v) is 2.90. The third-order valence-electron chi connectivity index (χ3n) is 2.69. The normalized spacial score (nSPS) is 16.5. The van der Waals surface area contributed by atoms with Crippen molar-refractivity contribution in [3.63, 3.8) is 0 Å². The number of rotatable bonds is 2. The molecule has 1 aliphatic heterocycles. The van der Waals surface area contributed by atoms with Crippen molar-refractivity contribution in [1.82, 2.24) is 0 Å². The molecule has 17 heavy (non-hydrogen) atoms. The lowest BCUT2D eigenvalue weighted by molar-refractivity contribution is -0.147. The summed E-state index contributed by atoms with van der Waals surface area (Å²) < 4.78 is 42.5. The van der Waals surface area contributed by atoms with Crippen LogP contribution in [0.15, 0.2) is 12.1 Å². The molecule has 2 rings (SSSR count). The highest BCUT2D eigenvalue weighted by atomic mass is 35.5. The quantitative estimate of drug-likeness (QED) is 0.892. The number of fused-ring (bicyclic) bond motifs is 1. The van der Waals surface area contributed by atoms with E-state index in [1.54, 1.807) is 6.07 Å². The van der Waals surface area contributed by atoms with Crippen molar-refractivity contribution in [2.24, 2.45) is 5.73 Å². The van der Waals surface area contributed by atoms with Crippen LogP contribution in [0.3, 0.4) is 0 Å². The maximum atomic E-state index is 12.4. The van der Waals surface area contributed by atoms with Crippen molar-refractivity contribution >= 4 is 11.6 Å². The van der Waals surface area contributed by atoms with Crippen LogP contribution in [0.5, 0.6) is 5.75 Å². The Morgan fingerprint density at radius 2 is 2.12 bits per heavy atom. The molecule has 0 aromatic heterocycles. The number of nitrogens with two attached hydrogens (primary N) is 1. The van der Waals surface area contributed by atoms with Crippen molar-refractivity contribution in [1.29, 1.82) is 0 Å². The maximum Gasteiger partial charge on any atom is 0.403 e. The highest BCUT2D eigenvalue weighted by Crippen LogP contribution is 2.34. The molecule has 0 saturated heterocycles. The predicted octanol–water partition coefficient (Wildman–Crippen LogP) is 2.71. The second kappa shape index (κ2) is 4.38. The standard InChI is InChI=1S/C11H11ClF3NO/c12-8-3-6-1-2-17-10(6)7(4-8)5-9(16)11(13,14)15/h3-4,9H,1-2,5,16H2. The Bertz CT molecular complexity index is 433. The summed E-state index contributed by atoms with van der Waals surface area (Å²) in [5.41, 5.74) is 6.38. The summed E-state index contributed by atoms with van der Waals surface area (Å²) in [5, 5.41) is 0.415. The van der Waals surface area contributed by atoms with E-state index in [0.29, 0.717) is 29.4 Å². The van der Waals surface area contributed by atoms with Crippen LogP contribution in [0.25, 0.3) is 0 Å². The largest absolute Gasteiger partial charge is 0.493 e. The van der Waals surface area contributed by atoms with Crippen LogP contribution in [-0.4, -0.2) is 18.8 Å². The minimum absolute atomic E-state index is 0.313. The predicted molar refractivity (Wildman–Crippen MR) is 58.4 cm³/mol. The van der Waals surface area contributed by atoms with E-state index in [0.717, 1.165) is 5.56 Å². The van der Waals surface area contributed by atoms with E-state index < -0.39 is 12.2 Å². The molecule has 1 unspecified atom stereocenters. The second-order valence-electron chi connectivity index (χ2n) is 4.00. The van der Waals surface area contributed by atoms with Crippen LogP contribution in [0.1, 0.15) is 11.1 Å². The fourth-order valence-corrected chi connectivity index (χ4v) is 2.11. The van der Waals surface area contributed by atoms with Gasteiger partial charge in [0.05, 0.1) is 6.61 Å². The van der Waals surface area contributed by atoms with Gasteiger partial charge in [-0.2, -0.15) is 13.2 Å². The Hall–Kier alpha value is -0.940. The number of hydrogen-bond donors (Lipinski definition) is 1. The average molecular weight is 266 g/mol. The summed E-state index contributed by atoms with van der Waals surface area (Å²) >= 11 is 5.85. The zero-order chi connectivity index (χ0) is 12.6. The summed E-state index contributed by atoms with van der Waals surface area (Å²) in [5.74, 6) is 0.508. The Morgan fingerprint density at radius 3 is 2.76 bits per heavy atom. The van der Waals surface area contributed by atoms with Crippen LogP contribution in [0.2, 0.25) is 5.02 Å². The molecule has 0 amide bonds. The van der Waals surface area contributed by atoms with Crippen molar-refractivity contribution in [3.8, 4) is 5.75 Å². The monoisotopic (exact) mass is 265 g/mol. The number of hydrogen-bond acceptors (Lipinski definition) is 2. The zero-order valence-corrected chi connectivity index (χ0v) is 9.61. The van der Waals surface area contributed by atoms with E-state index in [1.165, 1.54) is 6.07 Å². The van der Waals surface area contributed by atoms with Gasteiger partial charge in [0, 0.05) is 11.4 Å². The molecular formula is C11H11ClF3NO. The maximum absolute atomic E-state index is 12.4. The number of halogens is 4. The molecular weight excluding hydrogens is 255 g/mol. The molecule has 0 spiro atoms. The second-order valence-corrected chi connectivity index (χ2v) is 4.44. The van der Waals surface area contributed by atoms with Crippen LogP contribution in [-0.2, 0) is 12.8 Å². The number of ether oxygens (including phenoxy) is 1.